The first-order valence-electron chi connectivity index (χ1n) is 8.78. The minimum absolute atomic E-state index is 0.0300. The second kappa shape index (κ2) is 10.6. The lowest BCUT2D eigenvalue weighted by atomic mass is 10.0. The van der Waals surface area contributed by atoms with Gasteiger partial charge in [0.15, 0.2) is 6.61 Å². The fraction of sp³-hybridized carbons (Fsp3) is 0.381. The molecule has 0 aliphatic carbocycles. The van der Waals surface area contributed by atoms with Gasteiger partial charge in [-0.05, 0) is 52.0 Å². The summed E-state index contributed by atoms with van der Waals surface area (Å²) in [6, 6.07) is 14.5. The van der Waals surface area contributed by atoms with Gasteiger partial charge in [-0.2, -0.15) is 11.8 Å². The smallest absolute Gasteiger partial charge is 0.257 e. The van der Waals surface area contributed by atoms with Crippen molar-refractivity contribution in [3.63, 3.8) is 0 Å². The highest BCUT2D eigenvalue weighted by Gasteiger charge is 2.08. The maximum Gasteiger partial charge on any atom is 0.257 e. The standard InChI is InChI=1S/C21H26BrNO2S/c1-15(2)18-8-9-20(19(22)12-18)25-13-21(24)23-10-11-26-14-17-6-4-16(3)5-7-17/h4-9,12,15H,10-11,13-14H2,1-3H3,(H,23,24). The molecule has 0 spiro atoms. The first kappa shape index (κ1) is 20.8. The van der Waals surface area contributed by atoms with Crippen molar-refractivity contribution in [1.82, 2.24) is 5.32 Å². The average Bonchev–Trinajstić information content (AvgIpc) is 2.61. The predicted molar refractivity (Wildman–Crippen MR) is 114 cm³/mol. The first-order valence-corrected chi connectivity index (χ1v) is 10.7. The molecule has 2 aromatic carbocycles. The second-order valence-electron chi connectivity index (χ2n) is 6.52. The lowest BCUT2D eigenvalue weighted by molar-refractivity contribution is -0.122. The number of aryl methyl sites for hydroxylation is 1. The Bertz CT molecular complexity index is 716. The van der Waals surface area contributed by atoms with Gasteiger partial charge in [-0.25, -0.2) is 0 Å². The van der Waals surface area contributed by atoms with E-state index in [-0.39, 0.29) is 12.5 Å². The van der Waals surface area contributed by atoms with Crippen molar-refractivity contribution in [3.05, 3.63) is 63.6 Å². The van der Waals surface area contributed by atoms with Crippen molar-refractivity contribution >= 4 is 33.6 Å². The molecule has 140 valence electrons. The third-order valence-electron chi connectivity index (χ3n) is 3.94. The van der Waals surface area contributed by atoms with Crippen molar-refractivity contribution < 1.29 is 9.53 Å². The third-order valence-corrected chi connectivity index (χ3v) is 5.59. The van der Waals surface area contributed by atoms with Crippen LogP contribution in [-0.4, -0.2) is 24.8 Å². The Hall–Kier alpha value is -1.46. The molecule has 0 aliphatic rings. The summed E-state index contributed by atoms with van der Waals surface area (Å²) >= 11 is 5.32. The number of halogens is 1. The van der Waals surface area contributed by atoms with Gasteiger partial charge in [0.1, 0.15) is 5.75 Å². The average molecular weight is 436 g/mol. The number of rotatable bonds is 9. The van der Waals surface area contributed by atoms with E-state index >= 15 is 0 Å². The Kier molecular flexibility index (Phi) is 8.52. The summed E-state index contributed by atoms with van der Waals surface area (Å²) in [5.41, 5.74) is 3.82. The molecule has 0 bridgehead atoms. The van der Waals surface area contributed by atoms with Crippen LogP contribution in [0.2, 0.25) is 0 Å². The summed E-state index contributed by atoms with van der Waals surface area (Å²) in [4.78, 5) is 11.9. The molecule has 0 fully saturated rings. The summed E-state index contributed by atoms with van der Waals surface area (Å²) in [5, 5.41) is 2.90. The number of carbonyl (C=O) groups excluding carboxylic acids is 1. The van der Waals surface area contributed by atoms with Crippen LogP contribution >= 0.6 is 27.7 Å². The number of hydrogen-bond acceptors (Lipinski definition) is 3. The molecule has 26 heavy (non-hydrogen) atoms. The summed E-state index contributed by atoms with van der Waals surface area (Å²) in [6.45, 7) is 7.05. The summed E-state index contributed by atoms with van der Waals surface area (Å²) in [5.74, 6) is 2.90. The maximum atomic E-state index is 11.9. The highest BCUT2D eigenvalue weighted by Crippen LogP contribution is 2.28. The highest BCUT2D eigenvalue weighted by atomic mass is 79.9. The van der Waals surface area contributed by atoms with Gasteiger partial charge in [0.25, 0.3) is 5.91 Å². The Morgan fingerprint density at radius 1 is 1.19 bits per heavy atom. The van der Waals surface area contributed by atoms with Crippen LogP contribution in [0.15, 0.2) is 46.9 Å². The molecule has 0 aromatic heterocycles. The van der Waals surface area contributed by atoms with E-state index in [1.165, 1.54) is 16.7 Å². The molecular weight excluding hydrogens is 410 g/mol. The first-order chi connectivity index (χ1) is 12.5. The topological polar surface area (TPSA) is 38.3 Å². The molecule has 0 radical (unpaired) electrons. The Labute approximate surface area is 169 Å². The molecule has 5 heteroatoms. The minimum Gasteiger partial charge on any atom is -0.483 e. The van der Waals surface area contributed by atoms with E-state index in [1.54, 1.807) is 0 Å². The normalized spacial score (nSPS) is 10.8. The number of nitrogens with one attached hydrogen (secondary N) is 1. The van der Waals surface area contributed by atoms with E-state index in [1.807, 2.05) is 30.0 Å². The van der Waals surface area contributed by atoms with Gasteiger partial charge in [-0.3, -0.25) is 4.79 Å². The number of benzene rings is 2. The zero-order chi connectivity index (χ0) is 18.9. The number of thioether (sulfide) groups is 1. The van der Waals surface area contributed by atoms with Crippen LogP contribution in [0, 0.1) is 6.92 Å². The molecule has 1 amide bonds. The molecular formula is C21H26BrNO2S. The fourth-order valence-electron chi connectivity index (χ4n) is 2.32. The SMILES string of the molecule is Cc1ccc(CSCCNC(=O)COc2ccc(C(C)C)cc2Br)cc1. The highest BCUT2D eigenvalue weighted by molar-refractivity contribution is 9.10. The molecule has 0 unspecified atom stereocenters. The van der Waals surface area contributed by atoms with Crippen LogP contribution in [0.1, 0.15) is 36.5 Å². The van der Waals surface area contributed by atoms with Crippen LogP contribution in [0.25, 0.3) is 0 Å². The number of carbonyl (C=O) groups is 1. The van der Waals surface area contributed by atoms with Crippen molar-refractivity contribution in [2.24, 2.45) is 0 Å². The predicted octanol–water partition coefficient (Wildman–Crippen LogP) is 5.31. The molecule has 3 nitrogen and oxygen atoms in total. The Morgan fingerprint density at radius 3 is 2.58 bits per heavy atom. The number of hydrogen-bond donors (Lipinski definition) is 1. The van der Waals surface area contributed by atoms with E-state index in [4.69, 9.17) is 4.74 Å². The summed E-state index contributed by atoms with van der Waals surface area (Å²) < 4.78 is 6.48. The van der Waals surface area contributed by atoms with E-state index in [9.17, 15) is 4.79 Å². The largest absolute Gasteiger partial charge is 0.483 e. The molecule has 2 aromatic rings. The Balaban J connectivity index is 1.64. The van der Waals surface area contributed by atoms with Gasteiger partial charge in [0.2, 0.25) is 0 Å². The second-order valence-corrected chi connectivity index (χ2v) is 8.48. The summed E-state index contributed by atoms with van der Waals surface area (Å²) in [7, 11) is 0. The van der Waals surface area contributed by atoms with Crippen LogP contribution < -0.4 is 10.1 Å². The van der Waals surface area contributed by atoms with Gasteiger partial charge in [0.05, 0.1) is 4.47 Å². The fourth-order valence-corrected chi connectivity index (χ4v) is 3.65. The van der Waals surface area contributed by atoms with Gasteiger partial charge in [-0.1, -0.05) is 49.7 Å². The molecule has 0 heterocycles. The van der Waals surface area contributed by atoms with Crippen molar-refractivity contribution in [3.8, 4) is 5.75 Å². The lowest BCUT2D eigenvalue weighted by Gasteiger charge is -2.11. The quantitative estimate of drug-likeness (QED) is 0.542. The molecule has 1 N–H and O–H groups in total. The van der Waals surface area contributed by atoms with Gasteiger partial charge in [-0.15, -0.1) is 0 Å². The van der Waals surface area contributed by atoms with E-state index in [0.29, 0.717) is 18.2 Å². The molecule has 0 saturated heterocycles. The van der Waals surface area contributed by atoms with Crippen LogP contribution in [0.4, 0.5) is 0 Å². The molecule has 0 aliphatic heterocycles. The Morgan fingerprint density at radius 2 is 1.92 bits per heavy atom. The molecule has 2 rings (SSSR count). The van der Waals surface area contributed by atoms with Crippen LogP contribution in [0.3, 0.4) is 0 Å². The number of amides is 1. The van der Waals surface area contributed by atoms with Crippen molar-refractivity contribution in [2.75, 3.05) is 18.9 Å². The third kappa shape index (κ3) is 7.04. The van der Waals surface area contributed by atoms with E-state index in [0.717, 1.165) is 16.0 Å². The number of ether oxygens (including phenoxy) is 1. The monoisotopic (exact) mass is 435 g/mol. The van der Waals surface area contributed by atoms with Gasteiger partial charge < -0.3 is 10.1 Å². The van der Waals surface area contributed by atoms with Gasteiger partial charge >= 0.3 is 0 Å². The summed E-state index contributed by atoms with van der Waals surface area (Å²) in [6.07, 6.45) is 0. The van der Waals surface area contributed by atoms with Crippen LogP contribution in [-0.2, 0) is 10.5 Å². The van der Waals surface area contributed by atoms with Crippen LogP contribution in [0.5, 0.6) is 5.75 Å². The van der Waals surface area contributed by atoms with E-state index < -0.39 is 0 Å². The molecule has 0 atom stereocenters. The zero-order valence-corrected chi connectivity index (χ0v) is 18.0. The van der Waals surface area contributed by atoms with Crippen molar-refractivity contribution in [2.45, 2.75) is 32.4 Å². The van der Waals surface area contributed by atoms with Gasteiger partial charge in [0, 0.05) is 18.1 Å². The molecule has 0 saturated carbocycles. The van der Waals surface area contributed by atoms with E-state index in [2.05, 4.69) is 66.3 Å². The zero-order valence-electron chi connectivity index (χ0n) is 15.5. The van der Waals surface area contributed by atoms with Crippen molar-refractivity contribution in [1.29, 1.82) is 0 Å². The lowest BCUT2D eigenvalue weighted by Crippen LogP contribution is -2.30. The minimum atomic E-state index is -0.0965. The maximum absolute atomic E-state index is 11.9.